The van der Waals surface area contributed by atoms with Crippen LogP contribution in [0.1, 0.15) is 11.1 Å². The van der Waals surface area contributed by atoms with Gasteiger partial charge in [0.25, 0.3) is 5.95 Å². The Morgan fingerprint density at radius 1 is 1.12 bits per heavy atom. The van der Waals surface area contributed by atoms with E-state index in [4.69, 9.17) is 4.74 Å². The minimum atomic E-state index is 0.643. The molecule has 26 heavy (non-hydrogen) atoms. The normalized spacial score (nSPS) is 12.7. The topological polar surface area (TPSA) is 63.2 Å². The van der Waals surface area contributed by atoms with Gasteiger partial charge in [0.05, 0.1) is 13.3 Å². The lowest BCUT2D eigenvalue weighted by Gasteiger charge is -2.17. The zero-order valence-corrected chi connectivity index (χ0v) is 14.7. The molecule has 0 fully saturated rings. The van der Waals surface area contributed by atoms with Crippen LogP contribution >= 0.6 is 0 Å². The quantitative estimate of drug-likeness (QED) is 0.739. The van der Waals surface area contributed by atoms with Crippen LogP contribution in [0.5, 0.6) is 5.75 Å². The summed E-state index contributed by atoms with van der Waals surface area (Å²) in [5.41, 5.74) is 3.74. The summed E-state index contributed by atoms with van der Waals surface area (Å²) < 4.78 is 5.18. The second kappa shape index (κ2) is 7.39. The van der Waals surface area contributed by atoms with Crippen molar-refractivity contribution in [1.82, 2.24) is 15.2 Å². The van der Waals surface area contributed by atoms with Gasteiger partial charge in [-0.1, -0.05) is 30.3 Å². The first-order valence-corrected chi connectivity index (χ1v) is 8.75. The predicted octanol–water partition coefficient (Wildman–Crippen LogP) is 3.23. The van der Waals surface area contributed by atoms with Crippen LogP contribution in [0.2, 0.25) is 0 Å². The van der Waals surface area contributed by atoms with Crippen LogP contribution in [0.15, 0.2) is 54.7 Å². The van der Waals surface area contributed by atoms with E-state index in [1.165, 1.54) is 16.8 Å². The molecule has 0 aliphatic carbocycles. The molecule has 4 rings (SSSR count). The van der Waals surface area contributed by atoms with E-state index < -0.39 is 0 Å². The molecule has 0 radical (unpaired) electrons. The summed E-state index contributed by atoms with van der Waals surface area (Å²) in [4.78, 5) is 6.76. The van der Waals surface area contributed by atoms with Gasteiger partial charge in [-0.3, -0.25) is 0 Å². The minimum Gasteiger partial charge on any atom is -0.497 e. The number of benzene rings is 2. The third-order valence-corrected chi connectivity index (χ3v) is 4.56. The monoisotopic (exact) mass is 347 g/mol. The second-order valence-electron chi connectivity index (χ2n) is 6.20. The summed E-state index contributed by atoms with van der Waals surface area (Å²) in [5, 5.41) is 11.7. The number of nitrogens with one attached hydrogen (secondary N) is 1. The van der Waals surface area contributed by atoms with Crippen molar-refractivity contribution in [3.8, 4) is 5.75 Å². The number of rotatable bonds is 6. The highest BCUT2D eigenvalue weighted by molar-refractivity contribution is 5.65. The number of hydrogen-bond donors (Lipinski definition) is 1. The van der Waals surface area contributed by atoms with Crippen molar-refractivity contribution in [3.63, 3.8) is 0 Å². The van der Waals surface area contributed by atoms with E-state index in [1.807, 2.05) is 18.2 Å². The largest absolute Gasteiger partial charge is 0.497 e. The number of anilines is 3. The summed E-state index contributed by atoms with van der Waals surface area (Å²) in [6.07, 6.45) is 3.57. The van der Waals surface area contributed by atoms with Crippen LogP contribution in [0, 0.1) is 0 Å². The third kappa shape index (κ3) is 3.44. The van der Waals surface area contributed by atoms with Crippen molar-refractivity contribution in [1.29, 1.82) is 0 Å². The van der Waals surface area contributed by atoms with Gasteiger partial charge in [0.2, 0.25) is 0 Å². The molecule has 0 unspecified atom stereocenters. The average Bonchev–Trinajstić information content (AvgIpc) is 3.13. The molecule has 2 heterocycles. The van der Waals surface area contributed by atoms with E-state index >= 15 is 0 Å². The summed E-state index contributed by atoms with van der Waals surface area (Å²) >= 11 is 0. The number of methoxy groups -OCH3 is 1. The van der Waals surface area contributed by atoms with E-state index in [0.717, 1.165) is 37.5 Å². The molecule has 0 spiro atoms. The van der Waals surface area contributed by atoms with Crippen molar-refractivity contribution in [2.24, 2.45) is 0 Å². The van der Waals surface area contributed by atoms with Crippen LogP contribution in [0.25, 0.3) is 0 Å². The first-order valence-electron chi connectivity index (χ1n) is 8.75. The molecule has 6 heteroatoms. The van der Waals surface area contributed by atoms with Gasteiger partial charge in [0.1, 0.15) is 5.75 Å². The molecule has 0 saturated heterocycles. The van der Waals surface area contributed by atoms with Gasteiger partial charge >= 0.3 is 0 Å². The smallest absolute Gasteiger partial charge is 0.251 e. The summed E-state index contributed by atoms with van der Waals surface area (Å²) in [6, 6.07) is 16.5. The van der Waals surface area contributed by atoms with E-state index in [9.17, 15) is 0 Å². The molecular weight excluding hydrogens is 326 g/mol. The minimum absolute atomic E-state index is 0.643. The molecule has 132 valence electrons. The van der Waals surface area contributed by atoms with E-state index in [-0.39, 0.29) is 0 Å². The number of nitrogens with zero attached hydrogens (tertiary/aromatic N) is 4. The maximum Gasteiger partial charge on any atom is 0.251 e. The fourth-order valence-electron chi connectivity index (χ4n) is 3.17. The summed E-state index contributed by atoms with van der Waals surface area (Å²) in [7, 11) is 1.68. The Labute approximate surface area is 152 Å². The molecule has 6 nitrogen and oxygen atoms in total. The SMILES string of the molecule is COc1ccc(CCNc2cnnc(N3CCc4ccccc43)n2)cc1. The standard InChI is InChI=1S/C20H21N5O/c1-26-17-8-6-15(7-9-17)10-12-21-19-14-22-24-20(23-19)25-13-11-16-4-2-3-5-18(16)25/h2-9,14H,10-13H2,1H3,(H,21,23,24). The third-order valence-electron chi connectivity index (χ3n) is 4.56. The Bertz CT molecular complexity index is 881. The Hall–Kier alpha value is -3.15. The Morgan fingerprint density at radius 3 is 2.81 bits per heavy atom. The van der Waals surface area contributed by atoms with Gasteiger partial charge in [-0.25, -0.2) is 0 Å². The fourth-order valence-corrected chi connectivity index (χ4v) is 3.17. The molecule has 0 amide bonds. The van der Waals surface area contributed by atoms with Gasteiger partial charge in [0.15, 0.2) is 5.82 Å². The number of ether oxygens (including phenoxy) is 1. The molecule has 0 saturated carbocycles. The van der Waals surface area contributed by atoms with Crippen LogP contribution in [-0.2, 0) is 12.8 Å². The van der Waals surface area contributed by atoms with E-state index in [2.05, 4.69) is 55.7 Å². The lowest BCUT2D eigenvalue weighted by molar-refractivity contribution is 0.414. The summed E-state index contributed by atoms with van der Waals surface area (Å²) in [5.74, 6) is 2.26. The number of para-hydroxylation sites is 1. The first-order chi connectivity index (χ1) is 12.8. The molecule has 1 aromatic heterocycles. The first kappa shape index (κ1) is 16.3. The van der Waals surface area contributed by atoms with Crippen LogP contribution in [-0.4, -0.2) is 35.4 Å². The molecule has 2 aromatic carbocycles. The van der Waals surface area contributed by atoms with Gasteiger partial charge in [0, 0.05) is 18.8 Å². The van der Waals surface area contributed by atoms with E-state index in [1.54, 1.807) is 13.3 Å². The van der Waals surface area contributed by atoms with Crippen LogP contribution in [0.4, 0.5) is 17.5 Å². The van der Waals surface area contributed by atoms with Gasteiger partial charge < -0.3 is 15.0 Å². The number of aromatic nitrogens is 3. The second-order valence-corrected chi connectivity index (χ2v) is 6.20. The Morgan fingerprint density at radius 2 is 1.96 bits per heavy atom. The Kier molecular flexibility index (Phi) is 4.64. The summed E-state index contributed by atoms with van der Waals surface area (Å²) in [6.45, 7) is 1.66. The molecule has 1 N–H and O–H groups in total. The predicted molar refractivity (Wildman–Crippen MR) is 102 cm³/mol. The molecule has 3 aromatic rings. The Balaban J connectivity index is 1.40. The highest BCUT2D eigenvalue weighted by Gasteiger charge is 2.22. The highest BCUT2D eigenvalue weighted by Crippen LogP contribution is 2.32. The molecule has 1 aliphatic rings. The van der Waals surface area contributed by atoms with Crippen LogP contribution < -0.4 is 15.0 Å². The number of hydrogen-bond acceptors (Lipinski definition) is 6. The fraction of sp³-hybridized carbons (Fsp3) is 0.250. The van der Waals surface area contributed by atoms with Crippen molar-refractivity contribution in [2.75, 3.05) is 30.4 Å². The average molecular weight is 347 g/mol. The lowest BCUT2D eigenvalue weighted by Crippen LogP contribution is -2.18. The van der Waals surface area contributed by atoms with Gasteiger partial charge in [-0.15, -0.1) is 5.10 Å². The molecule has 0 bridgehead atoms. The van der Waals surface area contributed by atoms with Crippen molar-refractivity contribution in [2.45, 2.75) is 12.8 Å². The van der Waals surface area contributed by atoms with Crippen molar-refractivity contribution >= 4 is 17.5 Å². The van der Waals surface area contributed by atoms with E-state index in [0.29, 0.717) is 5.95 Å². The van der Waals surface area contributed by atoms with Gasteiger partial charge in [-0.05, 0) is 42.2 Å². The number of fused-ring (bicyclic) bond motifs is 1. The van der Waals surface area contributed by atoms with Crippen LogP contribution in [0.3, 0.4) is 0 Å². The molecule has 1 aliphatic heterocycles. The van der Waals surface area contributed by atoms with Crippen molar-refractivity contribution in [3.05, 3.63) is 65.9 Å². The molecule has 0 atom stereocenters. The lowest BCUT2D eigenvalue weighted by atomic mass is 10.1. The highest BCUT2D eigenvalue weighted by atomic mass is 16.5. The maximum atomic E-state index is 5.18. The maximum absolute atomic E-state index is 5.18. The molecular formula is C20H21N5O. The van der Waals surface area contributed by atoms with Gasteiger partial charge in [-0.2, -0.15) is 10.1 Å². The zero-order chi connectivity index (χ0) is 17.8. The zero-order valence-electron chi connectivity index (χ0n) is 14.7. The van der Waals surface area contributed by atoms with Crippen molar-refractivity contribution < 1.29 is 4.74 Å².